The van der Waals surface area contributed by atoms with Crippen molar-refractivity contribution in [1.82, 2.24) is 25.3 Å². The molecular formula is C25H28N6O2. The van der Waals surface area contributed by atoms with E-state index in [1.807, 2.05) is 42.5 Å². The number of hydrogen-bond acceptors (Lipinski definition) is 6. The molecule has 170 valence electrons. The summed E-state index contributed by atoms with van der Waals surface area (Å²) in [7, 11) is 0. The average molecular weight is 445 g/mol. The minimum absolute atomic E-state index is 0.0165. The van der Waals surface area contributed by atoms with Gasteiger partial charge in [0, 0.05) is 31.3 Å². The van der Waals surface area contributed by atoms with Crippen molar-refractivity contribution in [2.45, 2.75) is 38.6 Å². The maximum atomic E-state index is 12.8. The third-order valence-corrected chi connectivity index (χ3v) is 6.48. The Morgan fingerprint density at radius 1 is 1.06 bits per heavy atom. The van der Waals surface area contributed by atoms with E-state index in [-0.39, 0.29) is 17.4 Å². The zero-order chi connectivity index (χ0) is 22.6. The fourth-order valence-corrected chi connectivity index (χ4v) is 4.68. The number of aromatic nitrogens is 4. The molecular weight excluding hydrogens is 416 g/mol. The van der Waals surface area contributed by atoms with Gasteiger partial charge in [-0.2, -0.15) is 5.10 Å². The summed E-state index contributed by atoms with van der Waals surface area (Å²) < 4.78 is 1.47. The van der Waals surface area contributed by atoms with Gasteiger partial charge in [0.15, 0.2) is 5.82 Å². The Morgan fingerprint density at radius 3 is 2.76 bits per heavy atom. The van der Waals surface area contributed by atoms with E-state index >= 15 is 0 Å². The number of aryl methyl sites for hydroxylation is 2. The van der Waals surface area contributed by atoms with Crippen molar-refractivity contribution in [3.8, 4) is 11.3 Å². The van der Waals surface area contributed by atoms with Gasteiger partial charge in [0.2, 0.25) is 5.91 Å². The average Bonchev–Trinajstić information content (AvgIpc) is 3.32. The Balaban J connectivity index is 1.16. The first-order chi connectivity index (χ1) is 16.2. The molecule has 1 aromatic carbocycles. The summed E-state index contributed by atoms with van der Waals surface area (Å²) in [5, 5.41) is 16.3. The molecule has 0 bridgehead atoms. The maximum Gasteiger partial charge on any atom is 0.267 e. The number of piperidine rings is 1. The first-order valence-corrected chi connectivity index (χ1v) is 11.7. The molecule has 3 heterocycles. The number of hydrogen-bond donors (Lipinski definition) is 1. The number of anilines is 1. The van der Waals surface area contributed by atoms with Crippen molar-refractivity contribution >= 4 is 11.7 Å². The van der Waals surface area contributed by atoms with Crippen LogP contribution in [0.15, 0.2) is 53.3 Å². The van der Waals surface area contributed by atoms with Gasteiger partial charge in [0.25, 0.3) is 5.56 Å². The molecule has 0 radical (unpaired) electrons. The molecule has 8 nitrogen and oxygen atoms in total. The molecule has 1 amide bonds. The van der Waals surface area contributed by atoms with E-state index in [1.54, 1.807) is 6.07 Å². The summed E-state index contributed by atoms with van der Waals surface area (Å²) in [4.78, 5) is 27.2. The van der Waals surface area contributed by atoms with Crippen LogP contribution in [0.2, 0.25) is 0 Å². The molecule has 1 saturated heterocycles. The van der Waals surface area contributed by atoms with Crippen LogP contribution in [0.1, 0.15) is 30.5 Å². The predicted octanol–water partition coefficient (Wildman–Crippen LogP) is 2.22. The SMILES string of the molecule is O=C(NCCn1nc2c(cc1=O)CCC2)C1CCCN(c2ccc(-c3ccccc3)nn2)C1. The lowest BCUT2D eigenvalue weighted by Gasteiger charge is -2.32. The van der Waals surface area contributed by atoms with Gasteiger partial charge in [-0.3, -0.25) is 9.59 Å². The standard InChI is InChI=1S/C25H28N6O2/c32-24-16-19-8-4-10-22(19)29-31(24)15-13-26-25(33)20-9-5-14-30(17-20)23-12-11-21(27-28-23)18-6-2-1-3-7-18/h1-3,6-7,11-12,16,20H,4-5,8-10,13-15,17H2,(H,26,33). The number of amides is 1. The number of carbonyl (C=O) groups excluding carboxylic acids is 1. The Kier molecular flexibility index (Phi) is 6.15. The third-order valence-electron chi connectivity index (χ3n) is 6.48. The lowest BCUT2D eigenvalue weighted by molar-refractivity contribution is -0.125. The highest BCUT2D eigenvalue weighted by atomic mass is 16.2. The Labute approximate surface area is 192 Å². The number of carbonyl (C=O) groups is 1. The topological polar surface area (TPSA) is 93.0 Å². The lowest BCUT2D eigenvalue weighted by atomic mass is 9.97. The van der Waals surface area contributed by atoms with Crippen LogP contribution in [0.4, 0.5) is 5.82 Å². The van der Waals surface area contributed by atoms with E-state index in [0.29, 0.717) is 19.6 Å². The van der Waals surface area contributed by atoms with E-state index in [9.17, 15) is 9.59 Å². The maximum absolute atomic E-state index is 12.8. The van der Waals surface area contributed by atoms with Crippen molar-refractivity contribution < 1.29 is 4.79 Å². The largest absolute Gasteiger partial charge is 0.354 e. The first-order valence-electron chi connectivity index (χ1n) is 11.7. The number of benzene rings is 1. The van der Waals surface area contributed by atoms with Crippen LogP contribution in [-0.4, -0.2) is 45.5 Å². The van der Waals surface area contributed by atoms with Crippen molar-refractivity contribution in [1.29, 1.82) is 0 Å². The summed E-state index contributed by atoms with van der Waals surface area (Å²) in [5.41, 5.74) is 3.86. The van der Waals surface area contributed by atoms with Gasteiger partial charge >= 0.3 is 0 Å². The third kappa shape index (κ3) is 4.79. The Morgan fingerprint density at radius 2 is 1.94 bits per heavy atom. The molecule has 1 aliphatic heterocycles. The minimum atomic E-state index is -0.112. The van der Waals surface area contributed by atoms with Gasteiger partial charge in [0.05, 0.1) is 23.9 Å². The summed E-state index contributed by atoms with van der Waals surface area (Å²) in [6.45, 7) is 2.26. The summed E-state index contributed by atoms with van der Waals surface area (Å²) in [6.07, 6.45) is 4.68. The van der Waals surface area contributed by atoms with Crippen molar-refractivity contribution in [3.63, 3.8) is 0 Å². The molecule has 1 unspecified atom stereocenters. The molecule has 33 heavy (non-hydrogen) atoms. The van der Waals surface area contributed by atoms with Crippen molar-refractivity contribution in [3.05, 3.63) is 70.1 Å². The van der Waals surface area contributed by atoms with E-state index in [2.05, 4.69) is 25.5 Å². The molecule has 1 N–H and O–H groups in total. The fourth-order valence-electron chi connectivity index (χ4n) is 4.68. The van der Waals surface area contributed by atoms with E-state index in [0.717, 1.165) is 67.0 Å². The van der Waals surface area contributed by atoms with Crippen LogP contribution in [0, 0.1) is 5.92 Å². The normalized spacial score (nSPS) is 17.6. The number of fused-ring (bicyclic) bond motifs is 1. The number of rotatable bonds is 6. The molecule has 5 rings (SSSR count). The number of nitrogens with zero attached hydrogens (tertiary/aromatic N) is 5. The summed E-state index contributed by atoms with van der Waals surface area (Å²) in [6, 6.07) is 15.6. The highest BCUT2D eigenvalue weighted by Crippen LogP contribution is 2.23. The van der Waals surface area contributed by atoms with E-state index in [4.69, 9.17) is 0 Å². The molecule has 1 aliphatic carbocycles. The molecule has 2 aliphatic rings. The second-order valence-electron chi connectivity index (χ2n) is 8.75. The zero-order valence-electron chi connectivity index (χ0n) is 18.6. The molecule has 1 atom stereocenters. The molecule has 1 fully saturated rings. The second-order valence-corrected chi connectivity index (χ2v) is 8.75. The van der Waals surface area contributed by atoms with Gasteiger partial charge in [0.1, 0.15) is 0 Å². The smallest absolute Gasteiger partial charge is 0.267 e. The highest BCUT2D eigenvalue weighted by molar-refractivity contribution is 5.79. The number of nitrogens with one attached hydrogen (secondary N) is 1. The highest BCUT2D eigenvalue weighted by Gasteiger charge is 2.26. The molecule has 0 saturated carbocycles. The van der Waals surface area contributed by atoms with Crippen LogP contribution in [0.3, 0.4) is 0 Å². The lowest BCUT2D eigenvalue weighted by Crippen LogP contribution is -2.44. The fraction of sp³-hybridized carbons (Fsp3) is 0.400. The van der Waals surface area contributed by atoms with Gasteiger partial charge < -0.3 is 10.2 Å². The predicted molar refractivity (Wildman–Crippen MR) is 126 cm³/mol. The van der Waals surface area contributed by atoms with Crippen LogP contribution in [0.5, 0.6) is 0 Å². The Hall–Kier alpha value is -3.55. The summed E-state index contributed by atoms with van der Waals surface area (Å²) >= 11 is 0. The van der Waals surface area contributed by atoms with Gasteiger partial charge in [-0.25, -0.2) is 4.68 Å². The van der Waals surface area contributed by atoms with Crippen LogP contribution in [-0.2, 0) is 24.2 Å². The zero-order valence-corrected chi connectivity index (χ0v) is 18.6. The molecule has 3 aromatic rings. The van der Waals surface area contributed by atoms with Crippen molar-refractivity contribution in [2.24, 2.45) is 5.92 Å². The van der Waals surface area contributed by atoms with E-state index < -0.39 is 0 Å². The van der Waals surface area contributed by atoms with Crippen LogP contribution in [0.25, 0.3) is 11.3 Å². The molecule has 0 spiro atoms. The van der Waals surface area contributed by atoms with Gasteiger partial charge in [-0.1, -0.05) is 30.3 Å². The van der Waals surface area contributed by atoms with Crippen LogP contribution >= 0.6 is 0 Å². The first kappa shape index (κ1) is 21.3. The Bertz CT molecular complexity index is 1180. The molecule has 2 aromatic heterocycles. The van der Waals surface area contributed by atoms with Crippen molar-refractivity contribution in [2.75, 3.05) is 24.5 Å². The quantitative estimate of drug-likeness (QED) is 0.627. The van der Waals surface area contributed by atoms with Crippen LogP contribution < -0.4 is 15.8 Å². The minimum Gasteiger partial charge on any atom is -0.354 e. The second kappa shape index (κ2) is 9.52. The van der Waals surface area contributed by atoms with E-state index in [1.165, 1.54) is 4.68 Å². The monoisotopic (exact) mass is 444 g/mol. The summed E-state index contributed by atoms with van der Waals surface area (Å²) in [5.74, 6) is 0.697. The molecule has 8 heteroatoms. The van der Waals surface area contributed by atoms with Gasteiger partial charge in [-0.15, -0.1) is 10.2 Å². The van der Waals surface area contributed by atoms with Gasteiger partial charge in [-0.05, 0) is 49.8 Å².